The Kier molecular flexibility index (Phi) is 3.41. The van der Waals surface area contributed by atoms with Crippen molar-refractivity contribution in [2.24, 2.45) is 11.7 Å². The molecule has 2 heterocycles. The summed E-state index contributed by atoms with van der Waals surface area (Å²) in [4.78, 5) is 2.54. The first kappa shape index (κ1) is 11.7. The largest absolute Gasteiger partial charge is 0.374 e. The van der Waals surface area contributed by atoms with Crippen LogP contribution in [0.2, 0.25) is 0 Å². The number of hydrogen-bond donors (Lipinski definition) is 1. The lowest BCUT2D eigenvalue weighted by atomic mass is 9.83. The lowest BCUT2D eigenvalue weighted by molar-refractivity contribution is 0.241. The number of allylic oxidation sites excluding steroid dienone is 5. The van der Waals surface area contributed by atoms with Gasteiger partial charge in [0, 0.05) is 37.2 Å². The topological polar surface area (TPSA) is 29.3 Å². The van der Waals surface area contributed by atoms with Gasteiger partial charge in [-0.2, -0.15) is 0 Å². The average Bonchev–Trinajstić information content (AvgIpc) is 2.29. The SMILES string of the molecule is Cl.NC1CCN2CCC3C=CC=CC3=C2C1. The van der Waals surface area contributed by atoms with Gasteiger partial charge >= 0.3 is 0 Å². The van der Waals surface area contributed by atoms with Gasteiger partial charge in [0.2, 0.25) is 0 Å². The van der Waals surface area contributed by atoms with Gasteiger partial charge in [-0.3, -0.25) is 0 Å². The lowest BCUT2D eigenvalue weighted by Crippen LogP contribution is -2.42. The summed E-state index contributed by atoms with van der Waals surface area (Å²) in [5.74, 6) is 0.659. The standard InChI is InChI=1S/C13H18N2.ClH/c14-11-6-8-15-7-5-10-3-1-2-4-12(10)13(15)9-11;/h1-4,10-11H,5-9,14H2;1H. The normalized spacial score (nSPS) is 31.9. The maximum atomic E-state index is 6.06. The summed E-state index contributed by atoms with van der Waals surface area (Å²) in [5.41, 5.74) is 9.11. The highest BCUT2D eigenvalue weighted by Gasteiger charge is 2.29. The lowest BCUT2D eigenvalue weighted by Gasteiger charge is -2.41. The van der Waals surface area contributed by atoms with E-state index in [4.69, 9.17) is 5.73 Å². The third kappa shape index (κ3) is 1.92. The second kappa shape index (κ2) is 4.64. The molecule has 0 aromatic heterocycles. The predicted octanol–water partition coefficient (Wildman–Crippen LogP) is 2.23. The summed E-state index contributed by atoms with van der Waals surface area (Å²) in [7, 11) is 0. The molecule has 1 fully saturated rings. The van der Waals surface area contributed by atoms with Crippen LogP contribution in [0, 0.1) is 5.92 Å². The fraction of sp³-hybridized carbons (Fsp3) is 0.538. The number of rotatable bonds is 0. The minimum atomic E-state index is 0. The first-order valence-corrected chi connectivity index (χ1v) is 5.93. The van der Waals surface area contributed by atoms with Gasteiger partial charge in [-0.15, -0.1) is 12.4 Å². The van der Waals surface area contributed by atoms with Crippen molar-refractivity contribution in [1.82, 2.24) is 4.90 Å². The molecule has 2 nitrogen and oxygen atoms in total. The predicted molar refractivity (Wildman–Crippen MR) is 69.4 cm³/mol. The van der Waals surface area contributed by atoms with E-state index in [1.165, 1.54) is 24.2 Å². The zero-order valence-electron chi connectivity index (χ0n) is 9.43. The highest BCUT2D eigenvalue weighted by atomic mass is 35.5. The quantitative estimate of drug-likeness (QED) is 0.701. The molecule has 0 aromatic rings. The maximum Gasteiger partial charge on any atom is 0.0189 e. The van der Waals surface area contributed by atoms with Gasteiger partial charge in [0.15, 0.2) is 0 Å². The van der Waals surface area contributed by atoms with Gasteiger partial charge in [0.25, 0.3) is 0 Å². The van der Waals surface area contributed by atoms with Gasteiger partial charge in [0.1, 0.15) is 0 Å². The van der Waals surface area contributed by atoms with E-state index in [2.05, 4.69) is 29.2 Å². The Labute approximate surface area is 103 Å². The van der Waals surface area contributed by atoms with Crippen LogP contribution in [0.25, 0.3) is 0 Å². The number of hydrogen-bond acceptors (Lipinski definition) is 2. The first-order chi connectivity index (χ1) is 7.34. The molecule has 0 bridgehead atoms. The number of nitrogens with zero attached hydrogens (tertiary/aromatic N) is 1. The number of halogens is 1. The molecule has 2 atom stereocenters. The Morgan fingerprint density at radius 3 is 2.88 bits per heavy atom. The first-order valence-electron chi connectivity index (χ1n) is 5.93. The van der Waals surface area contributed by atoms with Gasteiger partial charge in [-0.25, -0.2) is 0 Å². The average molecular weight is 239 g/mol. The fourth-order valence-corrected chi connectivity index (χ4v) is 2.92. The van der Waals surface area contributed by atoms with Crippen molar-refractivity contribution < 1.29 is 0 Å². The van der Waals surface area contributed by atoms with Crippen LogP contribution in [0.3, 0.4) is 0 Å². The van der Waals surface area contributed by atoms with Crippen molar-refractivity contribution >= 4 is 12.4 Å². The van der Waals surface area contributed by atoms with E-state index in [9.17, 15) is 0 Å². The van der Waals surface area contributed by atoms with E-state index in [1.54, 1.807) is 0 Å². The van der Waals surface area contributed by atoms with E-state index < -0.39 is 0 Å². The van der Waals surface area contributed by atoms with Crippen molar-refractivity contribution in [1.29, 1.82) is 0 Å². The summed E-state index contributed by atoms with van der Waals surface area (Å²) in [6, 6.07) is 0.377. The van der Waals surface area contributed by atoms with Crippen LogP contribution in [0.15, 0.2) is 35.6 Å². The van der Waals surface area contributed by atoms with Crippen molar-refractivity contribution in [2.45, 2.75) is 25.3 Å². The van der Waals surface area contributed by atoms with Crippen LogP contribution in [0.1, 0.15) is 19.3 Å². The Morgan fingerprint density at radius 2 is 2.00 bits per heavy atom. The molecule has 0 aromatic carbocycles. The van der Waals surface area contributed by atoms with Crippen molar-refractivity contribution in [3.63, 3.8) is 0 Å². The molecule has 3 aliphatic rings. The molecule has 0 spiro atoms. The van der Waals surface area contributed by atoms with Crippen LogP contribution < -0.4 is 5.73 Å². The van der Waals surface area contributed by atoms with Gasteiger partial charge in [-0.05, 0) is 18.4 Å². The third-order valence-electron chi connectivity index (χ3n) is 3.78. The Hall–Kier alpha value is -0.730. The molecule has 2 unspecified atom stereocenters. The van der Waals surface area contributed by atoms with E-state index in [0.29, 0.717) is 12.0 Å². The van der Waals surface area contributed by atoms with E-state index >= 15 is 0 Å². The molecule has 0 radical (unpaired) electrons. The highest BCUT2D eigenvalue weighted by Crippen LogP contribution is 2.35. The second-order valence-electron chi connectivity index (χ2n) is 4.78. The molecular formula is C13H19ClN2. The Morgan fingerprint density at radius 1 is 1.19 bits per heavy atom. The number of fused-ring (bicyclic) bond motifs is 2. The minimum Gasteiger partial charge on any atom is -0.374 e. The monoisotopic (exact) mass is 238 g/mol. The fourth-order valence-electron chi connectivity index (χ4n) is 2.92. The summed E-state index contributed by atoms with van der Waals surface area (Å²) in [5, 5.41) is 0. The molecule has 0 saturated carbocycles. The highest BCUT2D eigenvalue weighted by molar-refractivity contribution is 5.85. The third-order valence-corrected chi connectivity index (χ3v) is 3.78. The second-order valence-corrected chi connectivity index (χ2v) is 4.78. The van der Waals surface area contributed by atoms with Gasteiger partial charge in [-0.1, -0.05) is 24.3 Å². The van der Waals surface area contributed by atoms with Crippen LogP contribution in [0.4, 0.5) is 0 Å². The van der Waals surface area contributed by atoms with Crippen LogP contribution in [-0.4, -0.2) is 24.0 Å². The molecule has 1 saturated heterocycles. The summed E-state index contributed by atoms with van der Waals surface area (Å²) >= 11 is 0. The molecule has 1 aliphatic carbocycles. The smallest absolute Gasteiger partial charge is 0.0189 e. The maximum absolute atomic E-state index is 6.06. The molecule has 0 amide bonds. The summed E-state index contributed by atoms with van der Waals surface area (Å²) in [6.07, 6.45) is 12.4. The van der Waals surface area contributed by atoms with Gasteiger partial charge in [0.05, 0.1) is 0 Å². The van der Waals surface area contributed by atoms with Crippen LogP contribution in [-0.2, 0) is 0 Å². The summed E-state index contributed by atoms with van der Waals surface area (Å²) in [6.45, 7) is 2.37. The molecule has 2 N–H and O–H groups in total. The van der Waals surface area contributed by atoms with Crippen LogP contribution in [0.5, 0.6) is 0 Å². The van der Waals surface area contributed by atoms with Crippen LogP contribution >= 0.6 is 12.4 Å². The van der Waals surface area contributed by atoms with E-state index in [-0.39, 0.29) is 12.4 Å². The van der Waals surface area contributed by atoms with E-state index in [1.807, 2.05) is 0 Å². The molecule has 3 heteroatoms. The molecule has 2 aliphatic heterocycles. The molecule has 88 valence electrons. The molecule has 3 rings (SSSR count). The summed E-state index contributed by atoms with van der Waals surface area (Å²) < 4.78 is 0. The molecular weight excluding hydrogens is 220 g/mol. The Balaban J connectivity index is 0.000000963. The Bertz CT molecular complexity index is 357. The van der Waals surface area contributed by atoms with Crippen molar-refractivity contribution in [3.8, 4) is 0 Å². The number of piperidine rings is 1. The van der Waals surface area contributed by atoms with E-state index in [0.717, 1.165) is 19.4 Å². The zero-order chi connectivity index (χ0) is 10.3. The minimum absolute atomic E-state index is 0. The van der Waals surface area contributed by atoms with Crippen molar-refractivity contribution in [3.05, 3.63) is 35.6 Å². The van der Waals surface area contributed by atoms with Crippen molar-refractivity contribution in [2.75, 3.05) is 13.1 Å². The van der Waals surface area contributed by atoms with Gasteiger partial charge < -0.3 is 10.6 Å². The number of nitrogens with two attached hydrogens (primary N) is 1. The molecule has 16 heavy (non-hydrogen) atoms. The zero-order valence-corrected chi connectivity index (χ0v) is 10.2.